The lowest BCUT2D eigenvalue weighted by atomic mass is 10.1. The number of nitrogens with zero attached hydrogens (tertiary/aromatic N) is 5. The summed E-state index contributed by atoms with van der Waals surface area (Å²) in [7, 11) is 0. The number of carboxylic acid groups (broad SMARTS) is 1. The molecule has 0 bridgehead atoms. The summed E-state index contributed by atoms with van der Waals surface area (Å²) in [6.07, 6.45) is 2.41. The highest BCUT2D eigenvalue weighted by Gasteiger charge is 2.20. The highest BCUT2D eigenvalue weighted by molar-refractivity contribution is 5.90. The number of hydrogen-bond acceptors (Lipinski definition) is 6. The molecule has 2 aromatic heterocycles. The Hall–Kier alpha value is -3.47. The fourth-order valence-corrected chi connectivity index (χ4v) is 2.50. The molecule has 0 spiro atoms. The minimum Gasteiger partial charge on any atom is -0.465 e. The number of nitriles is 1. The topological polar surface area (TPSA) is 116 Å². The second-order valence-corrected chi connectivity index (χ2v) is 6.20. The van der Waals surface area contributed by atoms with Crippen molar-refractivity contribution < 1.29 is 14.3 Å². The summed E-state index contributed by atoms with van der Waals surface area (Å²) in [6, 6.07) is 7.25. The van der Waals surface area contributed by atoms with E-state index >= 15 is 0 Å². The minimum absolute atomic E-state index is 0.00890. The van der Waals surface area contributed by atoms with E-state index in [0.29, 0.717) is 29.0 Å². The van der Waals surface area contributed by atoms with E-state index in [1.54, 1.807) is 24.4 Å². The Kier molecular flexibility index (Phi) is 4.80. The van der Waals surface area contributed by atoms with Crippen molar-refractivity contribution in [3.05, 3.63) is 36.5 Å². The molecule has 0 saturated heterocycles. The molecule has 132 valence electrons. The molecule has 1 amide bonds. The lowest BCUT2D eigenvalue weighted by Crippen LogP contribution is -2.32. The molecule has 0 fully saturated rings. The zero-order valence-electron chi connectivity index (χ0n) is 14.4. The van der Waals surface area contributed by atoms with Crippen LogP contribution in [0.15, 0.2) is 35.2 Å². The number of aromatic nitrogens is 3. The molecule has 0 radical (unpaired) electrons. The number of amides is 1. The van der Waals surface area contributed by atoms with E-state index in [4.69, 9.17) is 4.42 Å². The predicted octanol–water partition coefficient (Wildman–Crippen LogP) is 3.69. The first kappa shape index (κ1) is 17.4. The highest BCUT2D eigenvalue weighted by Crippen LogP contribution is 2.26. The fraction of sp³-hybridized carbons (Fsp3) is 0.278. The number of hydrogen-bond donors (Lipinski definition) is 1. The van der Waals surface area contributed by atoms with E-state index in [-0.39, 0.29) is 18.2 Å². The maximum Gasteiger partial charge on any atom is 0.414 e. The summed E-state index contributed by atoms with van der Waals surface area (Å²) in [5.74, 6) is 0.899. The molecule has 0 aliphatic rings. The zero-order valence-corrected chi connectivity index (χ0v) is 14.4. The van der Waals surface area contributed by atoms with Crippen molar-refractivity contribution in [2.75, 3.05) is 11.4 Å². The quantitative estimate of drug-likeness (QED) is 0.745. The SMILES string of the molecule is CC(C)CCN(C(=O)O)c1nc(C#N)c2cc(-c3cnco3)ccc2n1. The van der Waals surface area contributed by atoms with Crippen LogP contribution in [0.2, 0.25) is 0 Å². The largest absolute Gasteiger partial charge is 0.465 e. The van der Waals surface area contributed by atoms with Gasteiger partial charge in [0.2, 0.25) is 5.95 Å². The molecule has 0 atom stereocenters. The Morgan fingerprint density at radius 2 is 2.19 bits per heavy atom. The van der Waals surface area contributed by atoms with Crippen LogP contribution in [0.1, 0.15) is 26.0 Å². The first-order valence-corrected chi connectivity index (χ1v) is 8.11. The molecule has 8 nitrogen and oxygen atoms in total. The van der Waals surface area contributed by atoms with Crippen LogP contribution < -0.4 is 4.90 Å². The molecule has 1 N–H and O–H groups in total. The van der Waals surface area contributed by atoms with Crippen molar-refractivity contribution in [3.63, 3.8) is 0 Å². The molecule has 26 heavy (non-hydrogen) atoms. The second kappa shape index (κ2) is 7.19. The van der Waals surface area contributed by atoms with Crippen LogP contribution in [-0.4, -0.2) is 32.7 Å². The zero-order chi connectivity index (χ0) is 18.7. The summed E-state index contributed by atoms with van der Waals surface area (Å²) in [5, 5.41) is 19.5. The number of anilines is 1. The van der Waals surface area contributed by atoms with Crippen LogP contribution in [0.5, 0.6) is 0 Å². The number of rotatable bonds is 5. The van der Waals surface area contributed by atoms with Gasteiger partial charge in [0.05, 0.1) is 11.7 Å². The first-order chi connectivity index (χ1) is 12.5. The van der Waals surface area contributed by atoms with Gasteiger partial charge < -0.3 is 9.52 Å². The van der Waals surface area contributed by atoms with Gasteiger partial charge in [-0.2, -0.15) is 5.26 Å². The molecular formula is C18H17N5O3. The van der Waals surface area contributed by atoms with Gasteiger partial charge in [0.15, 0.2) is 17.8 Å². The molecule has 1 aromatic carbocycles. The maximum atomic E-state index is 11.6. The highest BCUT2D eigenvalue weighted by atomic mass is 16.4. The van der Waals surface area contributed by atoms with Gasteiger partial charge in [-0.25, -0.2) is 24.6 Å². The van der Waals surface area contributed by atoms with Gasteiger partial charge in [-0.15, -0.1) is 0 Å². The van der Waals surface area contributed by atoms with E-state index in [1.165, 1.54) is 6.39 Å². The standard InChI is InChI=1S/C18H17N5O3/c1-11(2)5-6-23(18(24)25)17-21-14-4-3-12(16-9-20-10-26-16)7-13(14)15(8-19)22-17/h3-4,7,9-11H,5-6H2,1-2H3,(H,24,25). The Labute approximate surface area is 149 Å². The van der Waals surface area contributed by atoms with Crippen LogP contribution in [0, 0.1) is 17.2 Å². The van der Waals surface area contributed by atoms with E-state index in [2.05, 4.69) is 15.0 Å². The Morgan fingerprint density at radius 3 is 2.81 bits per heavy atom. The molecule has 3 aromatic rings. The molecule has 0 saturated carbocycles. The van der Waals surface area contributed by atoms with Gasteiger partial charge in [-0.1, -0.05) is 13.8 Å². The van der Waals surface area contributed by atoms with Crippen molar-refractivity contribution >= 4 is 22.9 Å². The van der Waals surface area contributed by atoms with Crippen LogP contribution in [0.3, 0.4) is 0 Å². The molecule has 3 rings (SSSR count). The fourth-order valence-electron chi connectivity index (χ4n) is 2.50. The molecule has 2 heterocycles. The summed E-state index contributed by atoms with van der Waals surface area (Å²) in [5.41, 5.74) is 1.34. The average Bonchev–Trinajstić information content (AvgIpc) is 3.14. The van der Waals surface area contributed by atoms with Crippen LogP contribution in [0.25, 0.3) is 22.2 Å². The van der Waals surface area contributed by atoms with E-state index in [1.807, 2.05) is 19.9 Å². The van der Waals surface area contributed by atoms with Gasteiger partial charge in [-0.3, -0.25) is 0 Å². The smallest absolute Gasteiger partial charge is 0.414 e. The molecule has 8 heteroatoms. The molecule has 0 unspecified atom stereocenters. The Morgan fingerprint density at radius 1 is 1.38 bits per heavy atom. The van der Waals surface area contributed by atoms with E-state index in [0.717, 1.165) is 10.5 Å². The number of carbonyl (C=O) groups is 1. The van der Waals surface area contributed by atoms with E-state index in [9.17, 15) is 15.2 Å². The summed E-state index contributed by atoms with van der Waals surface area (Å²) < 4.78 is 5.27. The lowest BCUT2D eigenvalue weighted by molar-refractivity contribution is 0.201. The van der Waals surface area contributed by atoms with Crippen molar-refractivity contribution in [3.8, 4) is 17.4 Å². The van der Waals surface area contributed by atoms with Gasteiger partial charge in [0.1, 0.15) is 6.07 Å². The summed E-state index contributed by atoms with van der Waals surface area (Å²) >= 11 is 0. The first-order valence-electron chi connectivity index (χ1n) is 8.11. The summed E-state index contributed by atoms with van der Waals surface area (Å²) in [6.45, 7) is 4.28. The van der Waals surface area contributed by atoms with E-state index < -0.39 is 6.09 Å². The number of benzene rings is 1. The average molecular weight is 351 g/mol. The third-order valence-corrected chi connectivity index (χ3v) is 3.91. The molecule has 0 aliphatic carbocycles. The number of fused-ring (bicyclic) bond motifs is 1. The Balaban J connectivity index is 2.07. The monoisotopic (exact) mass is 351 g/mol. The molecular weight excluding hydrogens is 334 g/mol. The van der Waals surface area contributed by atoms with Crippen molar-refractivity contribution in [1.82, 2.24) is 15.0 Å². The van der Waals surface area contributed by atoms with Gasteiger partial charge in [0, 0.05) is 17.5 Å². The van der Waals surface area contributed by atoms with Crippen LogP contribution in [0.4, 0.5) is 10.7 Å². The minimum atomic E-state index is -1.15. The van der Waals surface area contributed by atoms with Crippen molar-refractivity contribution in [2.45, 2.75) is 20.3 Å². The third kappa shape index (κ3) is 3.47. The maximum absolute atomic E-state index is 11.6. The summed E-state index contributed by atoms with van der Waals surface area (Å²) in [4.78, 5) is 25.1. The van der Waals surface area contributed by atoms with Crippen LogP contribution in [-0.2, 0) is 0 Å². The third-order valence-electron chi connectivity index (χ3n) is 3.91. The molecule has 0 aliphatic heterocycles. The lowest BCUT2D eigenvalue weighted by Gasteiger charge is -2.19. The van der Waals surface area contributed by atoms with Gasteiger partial charge in [0.25, 0.3) is 0 Å². The van der Waals surface area contributed by atoms with Crippen LogP contribution >= 0.6 is 0 Å². The normalized spacial score (nSPS) is 10.8. The number of oxazole rings is 1. The predicted molar refractivity (Wildman–Crippen MR) is 94.6 cm³/mol. The Bertz CT molecular complexity index is 976. The van der Waals surface area contributed by atoms with Crippen molar-refractivity contribution in [2.24, 2.45) is 5.92 Å². The van der Waals surface area contributed by atoms with Gasteiger partial charge in [-0.05, 0) is 30.5 Å². The second-order valence-electron chi connectivity index (χ2n) is 6.20. The van der Waals surface area contributed by atoms with Gasteiger partial charge >= 0.3 is 6.09 Å². The van der Waals surface area contributed by atoms with Crippen molar-refractivity contribution in [1.29, 1.82) is 5.26 Å².